The van der Waals surface area contributed by atoms with Crippen molar-refractivity contribution in [1.29, 1.82) is 0 Å². The second-order valence-electron chi connectivity index (χ2n) is 8.25. The van der Waals surface area contributed by atoms with Crippen LogP contribution in [0.2, 0.25) is 0 Å². The summed E-state index contributed by atoms with van der Waals surface area (Å²) in [5.41, 5.74) is 5.75. The molecule has 0 bridgehead atoms. The number of nitrogens with zero attached hydrogens (tertiary/aromatic N) is 4. The van der Waals surface area contributed by atoms with E-state index in [0.717, 1.165) is 5.56 Å². The first-order valence-corrected chi connectivity index (χ1v) is 12.3. The third-order valence-electron chi connectivity index (χ3n) is 6.04. The number of H-pyrrole nitrogens is 1. The highest BCUT2D eigenvalue weighted by Gasteiger charge is 2.27. The van der Waals surface area contributed by atoms with Gasteiger partial charge in [0.15, 0.2) is 5.69 Å². The van der Waals surface area contributed by atoms with E-state index in [4.69, 9.17) is 5.73 Å². The van der Waals surface area contributed by atoms with Crippen LogP contribution in [0.1, 0.15) is 22.2 Å². The van der Waals surface area contributed by atoms with Gasteiger partial charge in [0.05, 0.1) is 18.0 Å². The van der Waals surface area contributed by atoms with Gasteiger partial charge in [0.1, 0.15) is 5.82 Å². The van der Waals surface area contributed by atoms with E-state index in [1.807, 2.05) is 46.7 Å². The molecule has 3 N–H and O–H groups in total. The molecule has 3 heterocycles. The number of carbonyl (C=O) groups is 2. The van der Waals surface area contributed by atoms with E-state index in [1.165, 1.54) is 20.8 Å². The SMILES string of the molecule is CCN(C(=O)CN1CCN(C(=O)c2cccs2)CC1)c1c(N)n(Cc2ccccc2)c(=O)[nH]c1=O. The molecule has 0 radical (unpaired) electrons. The molecule has 10 nitrogen and oxygen atoms in total. The number of nitrogens with two attached hydrogens (primary N) is 1. The topological polar surface area (TPSA) is 125 Å². The normalized spacial score (nSPS) is 14.1. The molecule has 1 aliphatic rings. The van der Waals surface area contributed by atoms with Crippen molar-refractivity contribution in [2.24, 2.45) is 0 Å². The molecule has 2 aromatic heterocycles. The summed E-state index contributed by atoms with van der Waals surface area (Å²) in [6.45, 7) is 4.32. The summed E-state index contributed by atoms with van der Waals surface area (Å²) < 4.78 is 1.26. The fraction of sp³-hybridized carbons (Fsp3) is 0.333. The molecule has 1 saturated heterocycles. The number of hydrogen-bond acceptors (Lipinski definition) is 7. The van der Waals surface area contributed by atoms with Crippen LogP contribution in [-0.2, 0) is 11.3 Å². The maximum absolute atomic E-state index is 13.2. The largest absolute Gasteiger partial charge is 0.383 e. The highest BCUT2D eigenvalue weighted by Crippen LogP contribution is 2.19. The Labute approximate surface area is 206 Å². The lowest BCUT2D eigenvalue weighted by atomic mass is 10.2. The van der Waals surface area contributed by atoms with Gasteiger partial charge in [-0.1, -0.05) is 36.4 Å². The van der Waals surface area contributed by atoms with E-state index in [1.54, 1.807) is 17.9 Å². The molecule has 0 spiro atoms. The van der Waals surface area contributed by atoms with Crippen LogP contribution in [0.3, 0.4) is 0 Å². The first kappa shape index (κ1) is 24.4. The summed E-state index contributed by atoms with van der Waals surface area (Å²) in [5, 5.41) is 1.87. The van der Waals surface area contributed by atoms with Gasteiger partial charge in [-0.25, -0.2) is 4.79 Å². The Morgan fingerprint density at radius 1 is 1.06 bits per heavy atom. The Kier molecular flexibility index (Phi) is 7.47. The minimum atomic E-state index is -0.696. The molecule has 0 aliphatic carbocycles. The predicted molar refractivity (Wildman–Crippen MR) is 136 cm³/mol. The lowest BCUT2D eigenvalue weighted by Gasteiger charge is -2.35. The van der Waals surface area contributed by atoms with Gasteiger partial charge in [0.25, 0.3) is 11.5 Å². The van der Waals surface area contributed by atoms with Crippen molar-refractivity contribution in [3.63, 3.8) is 0 Å². The first-order chi connectivity index (χ1) is 16.9. The third kappa shape index (κ3) is 5.36. The molecule has 0 atom stereocenters. The lowest BCUT2D eigenvalue weighted by molar-refractivity contribution is -0.120. The second kappa shape index (κ2) is 10.7. The molecular weight excluding hydrogens is 468 g/mol. The number of thiophene rings is 1. The van der Waals surface area contributed by atoms with E-state index >= 15 is 0 Å². The summed E-state index contributed by atoms with van der Waals surface area (Å²) in [7, 11) is 0. The minimum absolute atomic E-state index is 0.00106. The number of hydrogen-bond donors (Lipinski definition) is 2. The van der Waals surface area contributed by atoms with Crippen molar-refractivity contribution in [3.8, 4) is 0 Å². The first-order valence-electron chi connectivity index (χ1n) is 11.4. The second-order valence-corrected chi connectivity index (χ2v) is 9.20. The molecule has 11 heteroatoms. The average Bonchev–Trinajstić information content (AvgIpc) is 3.40. The number of benzene rings is 1. The zero-order valence-corrected chi connectivity index (χ0v) is 20.3. The number of aromatic amines is 1. The van der Waals surface area contributed by atoms with Gasteiger partial charge in [0.2, 0.25) is 5.91 Å². The monoisotopic (exact) mass is 496 g/mol. The number of aromatic nitrogens is 2. The van der Waals surface area contributed by atoms with Gasteiger partial charge in [-0.05, 0) is 23.9 Å². The number of nitrogen functional groups attached to an aromatic ring is 1. The van der Waals surface area contributed by atoms with E-state index in [0.29, 0.717) is 31.1 Å². The van der Waals surface area contributed by atoms with Crippen LogP contribution >= 0.6 is 11.3 Å². The Balaban J connectivity index is 1.47. The highest BCUT2D eigenvalue weighted by atomic mass is 32.1. The van der Waals surface area contributed by atoms with Crippen molar-refractivity contribution in [2.45, 2.75) is 13.5 Å². The van der Waals surface area contributed by atoms with Gasteiger partial charge in [-0.15, -0.1) is 11.3 Å². The number of rotatable bonds is 7. The molecule has 1 aromatic carbocycles. The number of likely N-dealkylation sites (N-methyl/N-ethyl adjacent to an activating group) is 1. The van der Waals surface area contributed by atoms with E-state index in [2.05, 4.69) is 4.98 Å². The molecular formula is C24H28N6O4S. The lowest BCUT2D eigenvalue weighted by Crippen LogP contribution is -2.52. The third-order valence-corrected chi connectivity index (χ3v) is 6.89. The van der Waals surface area contributed by atoms with Crippen LogP contribution in [0.5, 0.6) is 0 Å². The van der Waals surface area contributed by atoms with E-state index in [9.17, 15) is 19.2 Å². The van der Waals surface area contributed by atoms with E-state index in [-0.39, 0.29) is 43.0 Å². The number of piperazine rings is 1. The number of nitrogens with one attached hydrogen (secondary N) is 1. The van der Waals surface area contributed by atoms with Gasteiger partial charge >= 0.3 is 5.69 Å². The maximum atomic E-state index is 13.2. The van der Waals surface area contributed by atoms with Crippen LogP contribution in [-0.4, -0.2) is 70.4 Å². The Hall–Kier alpha value is -3.70. The molecule has 2 amide bonds. The standard InChI is InChI=1S/C24H28N6O4S/c1-2-29(19(31)16-27-10-12-28(13-11-27)23(33)18-9-6-14-35-18)20-21(25)30(24(34)26-22(20)32)15-17-7-4-3-5-8-17/h3-9,14H,2,10-13,15-16,25H2,1H3,(H,26,32,34). The van der Waals surface area contributed by atoms with Crippen LogP contribution in [0.25, 0.3) is 0 Å². The fourth-order valence-electron chi connectivity index (χ4n) is 4.16. The number of anilines is 2. The van der Waals surface area contributed by atoms with Gasteiger partial charge < -0.3 is 15.5 Å². The zero-order chi connectivity index (χ0) is 24.9. The molecule has 0 unspecified atom stereocenters. The predicted octanol–water partition coefficient (Wildman–Crippen LogP) is 1.04. The quantitative estimate of drug-likeness (QED) is 0.504. The molecule has 184 valence electrons. The summed E-state index contributed by atoms with van der Waals surface area (Å²) >= 11 is 1.41. The Morgan fingerprint density at radius 3 is 2.40 bits per heavy atom. The Bertz CT molecular complexity index is 1290. The van der Waals surface area contributed by atoms with Crippen LogP contribution in [0.4, 0.5) is 11.5 Å². The summed E-state index contributed by atoms with van der Waals surface area (Å²) in [5.74, 6) is -0.349. The van der Waals surface area contributed by atoms with Crippen molar-refractivity contribution in [1.82, 2.24) is 19.4 Å². The summed E-state index contributed by atoms with van der Waals surface area (Å²) in [4.78, 5) is 59.0. The van der Waals surface area contributed by atoms with Crippen molar-refractivity contribution in [2.75, 3.05) is 49.9 Å². The molecule has 35 heavy (non-hydrogen) atoms. The van der Waals surface area contributed by atoms with Crippen LogP contribution < -0.4 is 21.9 Å². The zero-order valence-electron chi connectivity index (χ0n) is 19.5. The van der Waals surface area contributed by atoms with Crippen molar-refractivity contribution in [3.05, 3.63) is 79.1 Å². The fourth-order valence-corrected chi connectivity index (χ4v) is 4.85. The molecule has 3 aromatic rings. The molecule has 0 saturated carbocycles. The summed E-state index contributed by atoms with van der Waals surface area (Å²) in [6, 6.07) is 12.9. The van der Waals surface area contributed by atoms with Crippen molar-refractivity contribution < 1.29 is 9.59 Å². The van der Waals surface area contributed by atoms with E-state index < -0.39 is 11.2 Å². The molecule has 4 rings (SSSR count). The van der Waals surface area contributed by atoms with Gasteiger partial charge in [0, 0.05) is 32.7 Å². The average molecular weight is 497 g/mol. The van der Waals surface area contributed by atoms with Gasteiger partial charge in [-0.3, -0.25) is 28.8 Å². The molecule has 1 fully saturated rings. The number of amides is 2. The molecule has 1 aliphatic heterocycles. The van der Waals surface area contributed by atoms with Crippen LogP contribution in [0, 0.1) is 0 Å². The highest BCUT2D eigenvalue weighted by molar-refractivity contribution is 7.12. The van der Waals surface area contributed by atoms with Crippen LogP contribution in [0.15, 0.2) is 57.4 Å². The smallest absolute Gasteiger partial charge is 0.330 e. The minimum Gasteiger partial charge on any atom is -0.383 e. The van der Waals surface area contributed by atoms with Gasteiger partial charge in [-0.2, -0.15) is 0 Å². The number of carbonyl (C=O) groups excluding carboxylic acids is 2. The Morgan fingerprint density at radius 2 is 1.77 bits per heavy atom. The summed E-state index contributed by atoms with van der Waals surface area (Å²) in [6.07, 6.45) is 0. The maximum Gasteiger partial charge on any atom is 0.330 e. The van der Waals surface area contributed by atoms with Crippen molar-refractivity contribution >= 4 is 34.7 Å².